The van der Waals surface area contributed by atoms with Gasteiger partial charge in [0.2, 0.25) is 0 Å². The predicted molar refractivity (Wildman–Crippen MR) is 183 cm³/mol. The third-order valence-electron chi connectivity index (χ3n) is 8.16. The summed E-state index contributed by atoms with van der Waals surface area (Å²) < 4.78 is 98.4. The van der Waals surface area contributed by atoms with E-state index in [1.807, 2.05) is 0 Å². The summed E-state index contributed by atoms with van der Waals surface area (Å²) in [6, 6.07) is 36.6. The average molecular weight is 697 g/mol. The highest BCUT2D eigenvalue weighted by molar-refractivity contribution is 7.87. The molecular weight excluding hydrogens is 667 g/mol. The Morgan fingerprint density at radius 3 is 1.14 bits per heavy atom. The first kappa shape index (κ1) is 33.6. The topological polar surface area (TPSA) is 86.7 Å². The van der Waals surface area contributed by atoms with Crippen molar-refractivity contribution in [1.82, 2.24) is 0 Å². The minimum absolute atomic E-state index is 0.0521. The maximum atomic E-state index is 16.2. The molecule has 0 spiro atoms. The van der Waals surface area contributed by atoms with E-state index in [-0.39, 0.29) is 20.9 Å². The maximum Gasteiger partial charge on any atom is 0.339 e. The van der Waals surface area contributed by atoms with Crippen LogP contribution in [0, 0.1) is 25.5 Å². The molecule has 248 valence electrons. The highest BCUT2D eigenvalue weighted by atomic mass is 32.2. The minimum atomic E-state index is -4.61. The van der Waals surface area contributed by atoms with E-state index in [4.69, 9.17) is 8.37 Å². The first-order valence-corrected chi connectivity index (χ1v) is 18.0. The van der Waals surface area contributed by atoms with Gasteiger partial charge in [0.15, 0.2) is 23.1 Å². The summed E-state index contributed by atoms with van der Waals surface area (Å²) in [6.45, 7) is 3.58. The van der Waals surface area contributed by atoms with E-state index < -0.39 is 48.8 Å². The lowest BCUT2D eigenvalue weighted by Crippen LogP contribution is -2.33. The molecule has 0 bridgehead atoms. The van der Waals surface area contributed by atoms with Gasteiger partial charge < -0.3 is 8.37 Å². The van der Waals surface area contributed by atoms with Gasteiger partial charge in [0, 0.05) is 11.1 Å². The number of rotatable bonds is 10. The fourth-order valence-corrected chi connectivity index (χ4v) is 7.72. The molecule has 6 rings (SSSR count). The molecule has 10 heteroatoms. The number of halogens is 2. The fourth-order valence-electron chi connectivity index (χ4n) is 5.81. The Bertz CT molecular complexity index is 2160. The van der Waals surface area contributed by atoms with Gasteiger partial charge >= 0.3 is 20.2 Å². The molecule has 6 aromatic rings. The molecule has 0 aromatic heterocycles. The van der Waals surface area contributed by atoms with Crippen LogP contribution >= 0.6 is 0 Å². The number of para-hydroxylation sites is 2. The summed E-state index contributed by atoms with van der Waals surface area (Å²) in [7, 11) is -9.22. The van der Waals surface area contributed by atoms with Crippen LogP contribution in [-0.2, 0) is 25.7 Å². The number of aryl methyl sites for hydroxylation is 2. The van der Waals surface area contributed by atoms with E-state index in [1.54, 1.807) is 98.8 Å². The van der Waals surface area contributed by atoms with Crippen molar-refractivity contribution in [2.24, 2.45) is 0 Å². The van der Waals surface area contributed by atoms with Crippen molar-refractivity contribution < 1.29 is 34.0 Å². The summed E-state index contributed by atoms with van der Waals surface area (Å²) in [4.78, 5) is -0.424. The van der Waals surface area contributed by atoms with Crippen molar-refractivity contribution >= 4 is 20.2 Å². The number of hydrogen-bond donors (Lipinski definition) is 0. The first-order chi connectivity index (χ1) is 23.4. The molecule has 0 atom stereocenters. The molecule has 0 radical (unpaired) electrons. The first-order valence-electron chi connectivity index (χ1n) is 15.1. The fraction of sp³-hybridized carbons (Fsp3) is 0.0769. The highest BCUT2D eigenvalue weighted by Gasteiger charge is 2.45. The molecule has 0 saturated carbocycles. The van der Waals surface area contributed by atoms with Crippen molar-refractivity contribution in [2.75, 3.05) is 0 Å². The molecule has 0 unspecified atom stereocenters. The molecular formula is C39H30F2O6S2. The zero-order chi connectivity index (χ0) is 34.8. The third kappa shape index (κ3) is 6.45. The molecule has 6 aromatic carbocycles. The number of hydrogen-bond acceptors (Lipinski definition) is 6. The lowest BCUT2D eigenvalue weighted by molar-refractivity contribution is 0.444. The lowest BCUT2D eigenvalue weighted by atomic mass is 9.64. The van der Waals surface area contributed by atoms with Crippen LogP contribution in [-0.4, -0.2) is 16.8 Å². The Labute approximate surface area is 284 Å². The second-order valence-corrected chi connectivity index (χ2v) is 14.5. The second-order valence-electron chi connectivity index (χ2n) is 11.4. The quantitative estimate of drug-likeness (QED) is 0.106. The Balaban J connectivity index is 1.69. The van der Waals surface area contributed by atoms with Gasteiger partial charge in [0.05, 0.1) is 5.41 Å². The van der Waals surface area contributed by atoms with E-state index in [9.17, 15) is 16.8 Å². The third-order valence-corrected chi connectivity index (χ3v) is 10.6. The predicted octanol–water partition coefficient (Wildman–Crippen LogP) is 8.50. The van der Waals surface area contributed by atoms with Gasteiger partial charge in [-0.3, -0.25) is 0 Å². The molecule has 0 heterocycles. The number of benzene rings is 6. The van der Waals surface area contributed by atoms with E-state index in [2.05, 4.69) is 0 Å². The Kier molecular flexibility index (Phi) is 9.11. The molecule has 49 heavy (non-hydrogen) atoms. The molecule has 0 amide bonds. The van der Waals surface area contributed by atoms with Crippen LogP contribution in [0.1, 0.15) is 33.4 Å². The van der Waals surface area contributed by atoms with E-state index in [0.29, 0.717) is 11.1 Å². The summed E-state index contributed by atoms with van der Waals surface area (Å²) in [5, 5.41) is 0. The van der Waals surface area contributed by atoms with Crippen LogP contribution in [0.3, 0.4) is 0 Å². The molecule has 0 aliphatic carbocycles. The summed E-state index contributed by atoms with van der Waals surface area (Å²) in [5.41, 5.74) is 0.518. The summed E-state index contributed by atoms with van der Waals surface area (Å²) in [5.74, 6) is -3.36. The van der Waals surface area contributed by atoms with Crippen LogP contribution in [0.15, 0.2) is 155 Å². The van der Waals surface area contributed by atoms with Crippen molar-refractivity contribution in [3.05, 3.63) is 191 Å². The van der Waals surface area contributed by atoms with Crippen molar-refractivity contribution in [2.45, 2.75) is 29.1 Å². The largest absolute Gasteiger partial charge is 0.375 e. The van der Waals surface area contributed by atoms with Crippen molar-refractivity contribution in [3.8, 4) is 11.5 Å². The van der Waals surface area contributed by atoms with Gasteiger partial charge in [-0.1, -0.05) is 120 Å². The SMILES string of the molecule is Cc1ccc(S(=O)(=O)Oc2c(F)cccc2C(c2ccccc2)(c2ccccc2)c2cccc(F)c2OS(=O)(=O)c2ccc(C)cc2)cc1. The monoisotopic (exact) mass is 696 g/mol. The van der Waals surface area contributed by atoms with Crippen LogP contribution < -0.4 is 8.37 Å². The molecule has 0 fully saturated rings. The maximum absolute atomic E-state index is 16.2. The zero-order valence-electron chi connectivity index (χ0n) is 26.4. The summed E-state index contributed by atoms with van der Waals surface area (Å²) in [6.07, 6.45) is 0. The van der Waals surface area contributed by atoms with Gasteiger partial charge in [0.1, 0.15) is 9.79 Å². The van der Waals surface area contributed by atoms with Crippen LogP contribution in [0.2, 0.25) is 0 Å². The Morgan fingerprint density at radius 1 is 0.449 bits per heavy atom. The van der Waals surface area contributed by atoms with Gasteiger partial charge in [-0.15, -0.1) is 0 Å². The lowest BCUT2D eigenvalue weighted by Gasteiger charge is -2.38. The second kappa shape index (κ2) is 13.3. The van der Waals surface area contributed by atoms with Crippen LogP contribution in [0.25, 0.3) is 0 Å². The van der Waals surface area contributed by atoms with Gasteiger partial charge in [-0.2, -0.15) is 16.8 Å². The molecule has 0 saturated heterocycles. The van der Waals surface area contributed by atoms with E-state index in [0.717, 1.165) is 23.3 Å². The van der Waals surface area contributed by atoms with Crippen LogP contribution in [0.4, 0.5) is 8.78 Å². The van der Waals surface area contributed by atoms with Crippen LogP contribution in [0.5, 0.6) is 11.5 Å². The van der Waals surface area contributed by atoms with Gasteiger partial charge in [-0.25, -0.2) is 8.78 Å². The van der Waals surface area contributed by atoms with Gasteiger partial charge in [-0.05, 0) is 61.4 Å². The average Bonchev–Trinajstić information content (AvgIpc) is 3.09. The minimum Gasteiger partial charge on any atom is -0.375 e. The normalized spacial score (nSPS) is 12.0. The highest BCUT2D eigenvalue weighted by Crippen LogP contribution is 2.52. The standard InChI is InChI=1S/C39H30F2O6S2/c1-27-19-23-31(24-20-27)48(42,43)46-37-33(15-9-17-35(37)40)39(29-11-5-3-6-12-29,30-13-7-4-8-14-30)34-16-10-18-36(41)38(34)47-49(44,45)32-25-21-28(2)22-26-32/h3-26H,1-2H3. The van der Waals surface area contributed by atoms with Crippen molar-refractivity contribution in [3.63, 3.8) is 0 Å². The molecule has 6 nitrogen and oxygen atoms in total. The Morgan fingerprint density at radius 2 is 0.796 bits per heavy atom. The molecule has 0 aliphatic rings. The molecule has 0 N–H and O–H groups in total. The van der Waals surface area contributed by atoms with E-state index >= 15 is 8.78 Å². The summed E-state index contributed by atoms with van der Waals surface area (Å²) >= 11 is 0. The zero-order valence-corrected chi connectivity index (χ0v) is 28.0. The smallest absolute Gasteiger partial charge is 0.339 e. The van der Waals surface area contributed by atoms with Gasteiger partial charge in [0.25, 0.3) is 0 Å². The molecule has 0 aliphatic heterocycles. The van der Waals surface area contributed by atoms with E-state index in [1.165, 1.54) is 48.5 Å². The van der Waals surface area contributed by atoms with Crippen molar-refractivity contribution in [1.29, 1.82) is 0 Å². The Hall–Kier alpha value is -5.32.